The first kappa shape index (κ1) is 23.4. The van der Waals surface area contributed by atoms with E-state index in [0.717, 1.165) is 13.1 Å². The number of piperazine rings is 1. The standard InChI is InChI=1S/C22H25F2N7O3/c1-13-8-17(33-3)20(24)15(19(13)23)12-34-14-10-25-22(26-11-14)27-18-9-16(28-29-18)21(32)31-6-4-30(2)5-7-31/h8-11H,4-7,12H2,1-3H3,(H2,25,26,27,28,29). The van der Waals surface area contributed by atoms with E-state index in [9.17, 15) is 13.6 Å². The minimum absolute atomic E-state index is 0.0576. The van der Waals surface area contributed by atoms with E-state index in [0.29, 0.717) is 24.6 Å². The summed E-state index contributed by atoms with van der Waals surface area (Å²) in [4.78, 5) is 24.8. The lowest BCUT2D eigenvalue weighted by molar-refractivity contribution is 0.0658. The molecule has 1 amide bonds. The number of amides is 1. The van der Waals surface area contributed by atoms with Gasteiger partial charge in [0.1, 0.15) is 18.1 Å². The van der Waals surface area contributed by atoms with E-state index < -0.39 is 11.6 Å². The summed E-state index contributed by atoms with van der Waals surface area (Å²) in [6.07, 6.45) is 2.72. The number of aromatic amines is 1. The summed E-state index contributed by atoms with van der Waals surface area (Å²) in [5, 5.41) is 9.71. The predicted molar refractivity (Wildman–Crippen MR) is 119 cm³/mol. The largest absolute Gasteiger partial charge is 0.494 e. The van der Waals surface area contributed by atoms with Crippen LogP contribution in [0.3, 0.4) is 0 Å². The normalized spacial score (nSPS) is 14.2. The molecule has 0 atom stereocenters. The summed E-state index contributed by atoms with van der Waals surface area (Å²) in [6.45, 7) is 4.12. The fourth-order valence-electron chi connectivity index (χ4n) is 3.48. The molecule has 34 heavy (non-hydrogen) atoms. The Bertz CT molecular complexity index is 1160. The highest BCUT2D eigenvalue weighted by molar-refractivity contribution is 5.93. The number of nitrogens with one attached hydrogen (secondary N) is 2. The summed E-state index contributed by atoms with van der Waals surface area (Å²) in [6, 6.07) is 2.88. The fraction of sp³-hybridized carbons (Fsp3) is 0.364. The van der Waals surface area contributed by atoms with E-state index in [4.69, 9.17) is 9.47 Å². The van der Waals surface area contributed by atoms with E-state index in [-0.39, 0.29) is 41.1 Å². The zero-order chi connectivity index (χ0) is 24.2. The number of rotatable bonds is 7. The van der Waals surface area contributed by atoms with Crippen molar-refractivity contribution in [1.82, 2.24) is 30.0 Å². The third kappa shape index (κ3) is 5.06. The maximum absolute atomic E-state index is 14.4. The molecular formula is C22H25F2N7O3. The van der Waals surface area contributed by atoms with Crippen molar-refractivity contribution >= 4 is 17.7 Å². The molecule has 1 aliphatic rings. The monoisotopic (exact) mass is 473 g/mol. The molecule has 3 heterocycles. The molecule has 1 fully saturated rings. The molecule has 2 N–H and O–H groups in total. The van der Waals surface area contributed by atoms with Gasteiger partial charge in [0.05, 0.1) is 25.1 Å². The Balaban J connectivity index is 1.36. The van der Waals surface area contributed by atoms with Gasteiger partial charge in [-0.25, -0.2) is 18.7 Å². The second kappa shape index (κ2) is 10.00. The number of aromatic nitrogens is 4. The minimum atomic E-state index is -0.815. The molecule has 0 aliphatic carbocycles. The maximum atomic E-state index is 14.4. The molecule has 0 bridgehead atoms. The van der Waals surface area contributed by atoms with Crippen molar-refractivity contribution in [1.29, 1.82) is 0 Å². The van der Waals surface area contributed by atoms with Crippen LogP contribution in [0, 0.1) is 18.6 Å². The Hall–Kier alpha value is -3.80. The Morgan fingerprint density at radius 2 is 1.85 bits per heavy atom. The molecule has 0 saturated carbocycles. The van der Waals surface area contributed by atoms with E-state index in [1.807, 2.05) is 7.05 Å². The van der Waals surface area contributed by atoms with Crippen LogP contribution in [0.5, 0.6) is 11.5 Å². The molecule has 1 saturated heterocycles. The third-order valence-corrected chi connectivity index (χ3v) is 5.51. The number of likely N-dealkylation sites (N-methyl/N-ethyl adjacent to an activating group) is 1. The van der Waals surface area contributed by atoms with Gasteiger partial charge in [0.2, 0.25) is 5.95 Å². The average Bonchev–Trinajstić information content (AvgIpc) is 3.31. The van der Waals surface area contributed by atoms with E-state index in [1.54, 1.807) is 11.0 Å². The number of carbonyl (C=O) groups is 1. The first-order chi connectivity index (χ1) is 16.4. The first-order valence-corrected chi connectivity index (χ1v) is 10.6. The van der Waals surface area contributed by atoms with Gasteiger partial charge in [-0.1, -0.05) is 0 Å². The molecular weight excluding hydrogens is 448 g/mol. The van der Waals surface area contributed by atoms with Crippen molar-refractivity contribution in [3.05, 3.63) is 53.0 Å². The van der Waals surface area contributed by atoms with E-state index in [1.165, 1.54) is 32.5 Å². The number of hydrogen-bond acceptors (Lipinski definition) is 8. The number of halogens is 2. The number of carbonyl (C=O) groups excluding carboxylic acids is 1. The number of ether oxygens (including phenoxy) is 2. The average molecular weight is 473 g/mol. The van der Waals surface area contributed by atoms with Crippen LogP contribution in [0.15, 0.2) is 24.5 Å². The van der Waals surface area contributed by atoms with E-state index >= 15 is 0 Å². The van der Waals surface area contributed by atoms with Gasteiger partial charge in [-0.15, -0.1) is 0 Å². The fourth-order valence-corrected chi connectivity index (χ4v) is 3.48. The summed E-state index contributed by atoms with van der Waals surface area (Å²) >= 11 is 0. The number of methoxy groups -OCH3 is 1. The summed E-state index contributed by atoms with van der Waals surface area (Å²) < 4.78 is 39.1. The number of benzene rings is 1. The van der Waals surface area contributed by atoms with Crippen molar-refractivity contribution in [3.63, 3.8) is 0 Å². The topological polar surface area (TPSA) is 108 Å². The van der Waals surface area contributed by atoms with Crippen LogP contribution < -0.4 is 14.8 Å². The number of nitrogens with zero attached hydrogens (tertiary/aromatic N) is 5. The molecule has 0 unspecified atom stereocenters. The molecule has 180 valence electrons. The number of H-pyrrole nitrogens is 1. The van der Waals surface area contributed by atoms with Gasteiger partial charge in [0.25, 0.3) is 5.91 Å². The highest BCUT2D eigenvalue weighted by atomic mass is 19.1. The summed E-state index contributed by atoms with van der Waals surface area (Å²) in [5.41, 5.74) is 0.370. The van der Waals surface area contributed by atoms with Crippen molar-refractivity contribution in [2.45, 2.75) is 13.5 Å². The smallest absolute Gasteiger partial charge is 0.272 e. The zero-order valence-corrected chi connectivity index (χ0v) is 19.1. The summed E-state index contributed by atoms with van der Waals surface area (Å²) in [7, 11) is 3.33. The zero-order valence-electron chi connectivity index (χ0n) is 19.1. The van der Waals surface area contributed by atoms with E-state index in [2.05, 4.69) is 30.4 Å². The molecule has 10 nitrogen and oxygen atoms in total. The Morgan fingerprint density at radius 1 is 1.15 bits per heavy atom. The van der Waals surface area contributed by atoms with Gasteiger partial charge in [0.15, 0.2) is 23.1 Å². The molecule has 2 aromatic heterocycles. The molecule has 4 rings (SSSR count). The molecule has 0 spiro atoms. The van der Waals surface area contributed by atoms with Gasteiger partial charge >= 0.3 is 0 Å². The van der Waals surface area contributed by atoms with Crippen LogP contribution >= 0.6 is 0 Å². The van der Waals surface area contributed by atoms with Gasteiger partial charge in [0, 0.05) is 32.2 Å². The Morgan fingerprint density at radius 3 is 2.53 bits per heavy atom. The number of aryl methyl sites for hydroxylation is 1. The van der Waals surface area contributed by atoms with Gasteiger partial charge in [-0.05, 0) is 25.6 Å². The number of anilines is 2. The highest BCUT2D eigenvalue weighted by Crippen LogP contribution is 2.27. The lowest BCUT2D eigenvalue weighted by atomic mass is 10.1. The Kier molecular flexibility index (Phi) is 6.87. The second-order valence-corrected chi connectivity index (χ2v) is 7.92. The maximum Gasteiger partial charge on any atom is 0.272 e. The summed E-state index contributed by atoms with van der Waals surface area (Å²) in [5.74, 6) is -0.876. The van der Waals surface area contributed by atoms with Gasteiger partial charge in [-0.3, -0.25) is 9.89 Å². The minimum Gasteiger partial charge on any atom is -0.494 e. The SMILES string of the molecule is COc1cc(C)c(F)c(COc2cnc(Nc3cc(C(=O)N4CCN(C)CC4)[nH]n3)nc2)c1F. The molecule has 3 aromatic rings. The molecule has 1 aromatic carbocycles. The predicted octanol–water partition coefficient (Wildman–Crippen LogP) is 2.51. The Labute approximate surface area is 194 Å². The van der Waals surface area contributed by atoms with Crippen LogP contribution in [0.4, 0.5) is 20.5 Å². The van der Waals surface area contributed by atoms with Crippen molar-refractivity contribution in [2.75, 3.05) is 45.7 Å². The lowest BCUT2D eigenvalue weighted by Crippen LogP contribution is -2.47. The van der Waals surface area contributed by atoms with Gasteiger partial charge < -0.3 is 24.6 Å². The lowest BCUT2D eigenvalue weighted by Gasteiger charge is -2.31. The molecule has 0 radical (unpaired) electrons. The van der Waals surface area contributed by atoms with Crippen LogP contribution in [0.25, 0.3) is 0 Å². The quantitative estimate of drug-likeness (QED) is 0.539. The van der Waals surface area contributed by atoms with Crippen LogP contribution in [-0.2, 0) is 6.61 Å². The van der Waals surface area contributed by atoms with Gasteiger partial charge in [-0.2, -0.15) is 5.10 Å². The second-order valence-electron chi connectivity index (χ2n) is 7.92. The third-order valence-electron chi connectivity index (χ3n) is 5.51. The van der Waals surface area contributed by atoms with Crippen LogP contribution in [0.1, 0.15) is 21.6 Å². The van der Waals surface area contributed by atoms with Crippen molar-refractivity contribution in [2.24, 2.45) is 0 Å². The number of hydrogen-bond donors (Lipinski definition) is 2. The van der Waals surface area contributed by atoms with Crippen LogP contribution in [0.2, 0.25) is 0 Å². The molecule has 12 heteroatoms. The molecule has 1 aliphatic heterocycles. The highest BCUT2D eigenvalue weighted by Gasteiger charge is 2.22. The van der Waals surface area contributed by atoms with Crippen LogP contribution in [-0.4, -0.2) is 76.2 Å². The first-order valence-electron chi connectivity index (χ1n) is 10.6. The van der Waals surface area contributed by atoms with Crippen molar-refractivity contribution < 1.29 is 23.0 Å². The van der Waals surface area contributed by atoms with Crippen molar-refractivity contribution in [3.8, 4) is 11.5 Å².